The highest BCUT2D eigenvalue weighted by Crippen LogP contribution is 2.07. The van der Waals surface area contributed by atoms with E-state index in [4.69, 9.17) is 0 Å². The van der Waals surface area contributed by atoms with Gasteiger partial charge >= 0.3 is 0 Å². The Labute approximate surface area is 101 Å². The Morgan fingerprint density at radius 2 is 1.82 bits per heavy atom. The largest absolute Gasteiger partial charge is 0.298 e. The predicted octanol–water partition coefficient (Wildman–Crippen LogP) is 2.49. The molecule has 2 rings (SSSR count). The first-order valence-electron chi connectivity index (χ1n) is 5.47. The second-order valence-electron chi connectivity index (χ2n) is 3.86. The highest BCUT2D eigenvalue weighted by molar-refractivity contribution is 5.77. The van der Waals surface area contributed by atoms with Crippen LogP contribution in [0.4, 0.5) is 0 Å². The standard InChI is InChI=1S/C15H14NO/c1-16-10-3-2-7-15(16)9-8-13-5-4-6-14(11-13)12-17/h2-12H,1H3/q+1/b9-8+. The van der Waals surface area contributed by atoms with Crippen molar-refractivity contribution in [3.8, 4) is 0 Å². The summed E-state index contributed by atoms with van der Waals surface area (Å²) < 4.78 is 2.04. The summed E-state index contributed by atoms with van der Waals surface area (Å²) in [5, 5.41) is 0. The Morgan fingerprint density at radius 3 is 2.59 bits per heavy atom. The number of aryl methyl sites for hydroxylation is 1. The number of pyridine rings is 1. The maximum atomic E-state index is 10.7. The Morgan fingerprint density at radius 1 is 1.00 bits per heavy atom. The van der Waals surface area contributed by atoms with Crippen LogP contribution in [0.2, 0.25) is 0 Å². The molecule has 1 aromatic heterocycles. The fraction of sp³-hybridized carbons (Fsp3) is 0.0667. The van der Waals surface area contributed by atoms with Crippen LogP contribution in [0.5, 0.6) is 0 Å². The van der Waals surface area contributed by atoms with Gasteiger partial charge in [0, 0.05) is 23.8 Å². The van der Waals surface area contributed by atoms with E-state index >= 15 is 0 Å². The van der Waals surface area contributed by atoms with Crippen molar-refractivity contribution in [2.75, 3.05) is 0 Å². The van der Waals surface area contributed by atoms with Crippen molar-refractivity contribution in [1.82, 2.24) is 0 Å². The predicted molar refractivity (Wildman–Crippen MR) is 68.4 cm³/mol. The lowest BCUT2D eigenvalue weighted by Crippen LogP contribution is -2.30. The van der Waals surface area contributed by atoms with Gasteiger partial charge < -0.3 is 0 Å². The monoisotopic (exact) mass is 224 g/mol. The zero-order valence-electron chi connectivity index (χ0n) is 9.71. The smallest absolute Gasteiger partial charge is 0.204 e. The summed E-state index contributed by atoms with van der Waals surface area (Å²) in [4.78, 5) is 10.7. The Kier molecular flexibility index (Phi) is 3.46. The third-order valence-corrected chi connectivity index (χ3v) is 2.59. The second-order valence-corrected chi connectivity index (χ2v) is 3.86. The summed E-state index contributed by atoms with van der Waals surface area (Å²) in [6.45, 7) is 0. The molecule has 0 N–H and O–H groups in total. The molecule has 0 spiro atoms. The molecule has 17 heavy (non-hydrogen) atoms. The van der Waals surface area contributed by atoms with E-state index in [0.717, 1.165) is 17.5 Å². The summed E-state index contributed by atoms with van der Waals surface area (Å²) in [6, 6.07) is 13.6. The maximum Gasteiger partial charge on any atom is 0.204 e. The normalized spacial score (nSPS) is 10.6. The number of hydrogen-bond donors (Lipinski definition) is 0. The minimum atomic E-state index is 0.699. The van der Waals surface area contributed by atoms with Gasteiger partial charge in [-0.15, -0.1) is 0 Å². The Balaban J connectivity index is 2.26. The number of benzene rings is 1. The van der Waals surface area contributed by atoms with Crippen LogP contribution >= 0.6 is 0 Å². The average molecular weight is 224 g/mol. The summed E-state index contributed by atoms with van der Waals surface area (Å²) in [7, 11) is 2.00. The van der Waals surface area contributed by atoms with Crippen LogP contribution in [0.1, 0.15) is 21.6 Å². The first kappa shape index (κ1) is 11.3. The summed E-state index contributed by atoms with van der Waals surface area (Å²) in [6.07, 6.45) is 6.90. The molecule has 0 atom stereocenters. The number of hydrogen-bond acceptors (Lipinski definition) is 1. The molecule has 2 nitrogen and oxygen atoms in total. The van der Waals surface area contributed by atoms with Crippen LogP contribution in [0.25, 0.3) is 12.2 Å². The van der Waals surface area contributed by atoms with Crippen molar-refractivity contribution in [3.63, 3.8) is 0 Å². The first-order valence-corrected chi connectivity index (χ1v) is 5.47. The molecular weight excluding hydrogens is 210 g/mol. The lowest BCUT2D eigenvalue weighted by Gasteiger charge is -1.95. The van der Waals surface area contributed by atoms with Gasteiger partial charge in [0.05, 0.1) is 0 Å². The van der Waals surface area contributed by atoms with Crippen LogP contribution in [0.3, 0.4) is 0 Å². The van der Waals surface area contributed by atoms with E-state index in [2.05, 4.69) is 0 Å². The fourth-order valence-corrected chi connectivity index (χ4v) is 1.63. The molecule has 84 valence electrons. The molecule has 0 saturated carbocycles. The van der Waals surface area contributed by atoms with Crippen molar-refractivity contribution >= 4 is 18.4 Å². The minimum Gasteiger partial charge on any atom is -0.298 e. The fourth-order valence-electron chi connectivity index (χ4n) is 1.63. The molecule has 1 heterocycles. The number of aldehydes is 1. The van der Waals surface area contributed by atoms with E-state index in [1.165, 1.54) is 0 Å². The van der Waals surface area contributed by atoms with Crippen molar-refractivity contribution < 1.29 is 9.36 Å². The van der Waals surface area contributed by atoms with Gasteiger partial charge in [-0.2, -0.15) is 0 Å². The SMILES string of the molecule is C[n+]1ccccc1/C=C/c1cccc(C=O)c1. The van der Waals surface area contributed by atoms with Gasteiger partial charge in [0.2, 0.25) is 5.69 Å². The molecule has 0 aliphatic heterocycles. The van der Waals surface area contributed by atoms with Crippen LogP contribution in [-0.2, 0) is 7.05 Å². The van der Waals surface area contributed by atoms with E-state index in [9.17, 15) is 4.79 Å². The lowest BCUT2D eigenvalue weighted by atomic mass is 10.1. The van der Waals surface area contributed by atoms with Crippen molar-refractivity contribution in [1.29, 1.82) is 0 Å². The van der Waals surface area contributed by atoms with E-state index in [1.54, 1.807) is 6.07 Å². The lowest BCUT2D eigenvalue weighted by molar-refractivity contribution is -0.673. The van der Waals surface area contributed by atoms with Crippen molar-refractivity contribution in [2.24, 2.45) is 7.05 Å². The van der Waals surface area contributed by atoms with Crippen LogP contribution in [-0.4, -0.2) is 6.29 Å². The molecular formula is C15H14NO+. The molecule has 0 aliphatic rings. The van der Waals surface area contributed by atoms with E-state index in [0.29, 0.717) is 5.56 Å². The van der Waals surface area contributed by atoms with E-state index in [1.807, 2.05) is 66.4 Å². The minimum absolute atomic E-state index is 0.699. The molecule has 2 aromatic rings. The van der Waals surface area contributed by atoms with Gasteiger partial charge in [0.1, 0.15) is 13.3 Å². The summed E-state index contributed by atoms with van der Waals surface area (Å²) in [5.41, 5.74) is 2.84. The Bertz CT molecular complexity index is 558. The average Bonchev–Trinajstić information content (AvgIpc) is 2.38. The van der Waals surface area contributed by atoms with Crippen LogP contribution in [0, 0.1) is 0 Å². The van der Waals surface area contributed by atoms with Crippen LogP contribution < -0.4 is 4.57 Å². The van der Waals surface area contributed by atoms with Gasteiger partial charge in [-0.3, -0.25) is 4.79 Å². The summed E-state index contributed by atoms with van der Waals surface area (Å²) >= 11 is 0. The number of rotatable bonds is 3. The molecule has 0 unspecified atom stereocenters. The highest BCUT2D eigenvalue weighted by Gasteiger charge is 1.98. The van der Waals surface area contributed by atoms with Gasteiger partial charge in [0.25, 0.3) is 0 Å². The first-order chi connectivity index (χ1) is 8.29. The highest BCUT2D eigenvalue weighted by atomic mass is 16.1. The van der Waals surface area contributed by atoms with Gasteiger partial charge in [-0.05, 0) is 23.8 Å². The van der Waals surface area contributed by atoms with Crippen LogP contribution in [0.15, 0.2) is 48.7 Å². The van der Waals surface area contributed by atoms with E-state index in [-0.39, 0.29) is 0 Å². The van der Waals surface area contributed by atoms with Crippen molar-refractivity contribution in [2.45, 2.75) is 0 Å². The second kappa shape index (κ2) is 5.21. The summed E-state index contributed by atoms with van der Waals surface area (Å²) in [5.74, 6) is 0. The number of carbonyl (C=O) groups is 1. The van der Waals surface area contributed by atoms with E-state index < -0.39 is 0 Å². The van der Waals surface area contributed by atoms with Crippen molar-refractivity contribution in [3.05, 3.63) is 65.5 Å². The van der Waals surface area contributed by atoms with Gasteiger partial charge in [-0.1, -0.05) is 18.2 Å². The molecule has 0 aliphatic carbocycles. The molecule has 0 bridgehead atoms. The molecule has 0 saturated heterocycles. The Hall–Kier alpha value is -2.22. The van der Waals surface area contributed by atoms with Gasteiger partial charge in [0.15, 0.2) is 6.20 Å². The molecule has 0 fully saturated rings. The number of nitrogens with zero attached hydrogens (tertiary/aromatic N) is 1. The third kappa shape index (κ3) is 2.88. The third-order valence-electron chi connectivity index (χ3n) is 2.59. The zero-order chi connectivity index (χ0) is 12.1. The number of aromatic nitrogens is 1. The maximum absolute atomic E-state index is 10.7. The number of carbonyl (C=O) groups excluding carboxylic acids is 1. The zero-order valence-corrected chi connectivity index (χ0v) is 9.71. The molecule has 1 aromatic carbocycles. The quantitative estimate of drug-likeness (QED) is 0.579. The molecule has 2 heteroatoms. The topological polar surface area (TPSA) is 20.9 Å². The molecule has 0 radical (unpaired) electrons. The van der Waals surface area contributed by atoms with Gasteiger partial charge in [-0.25, -0.2) is 4.57 Å². The molecule has 0 amide bonds.